The lowest BCUT2D eigenvalue weighted by molar-refractivity contribution is -0.123. The van der Waals surface area contributed by atoms with E-state index in [2.05, 4.69) is 16.2 Å². The van der Waals surface area contributed by atoms with Crippen LogP contribution in [0.1, 0.15) is 63.0 Å². The first kappa shape index (κ1) is 16.7. The van der Waals surface area contributed by atoms with Crippen LogP contribution in [0.2, 0.25) is 5.02 Å². The molecule has 3 rings (SSSR count). The van der Waals surface area contributed by atoms with Crippen LogP contribution >= 0.6 is 11.6 Å². The minimum Gasteiger partial charge on any atom is -0.352 e. The Bertz CT molecular complexity index is 512. The van der Waals surface area contributed by atoms with Crippen molar-refractivity contribution in [2.45, 2.75) is 69.5 Å². The Labute approximate surface area is 143 Å². The Balaban J connectivity index is 1.51. The van der Waals surface area contributed by atoms with Crippen molar-refractivity contribution in [3.63, 3.8) is 0 Å². The van der Waals surface area contributed by atoms with Crippen LogP contribution in [0.15, 0.2) is 24.3 Å². The molecular weight excluding hydrogens is 310 g/mol. The van der Waals surface area contributed by atoms with Gasteiger partial charge in [-0.1, -0.05) is 55.8 Å². The lowest BCUT2D eigenvalue weighted by Gasteiger charge is -2.22. The van der Waals surface area contributed by atoms with Crippen LogP contribution in [0, 0.1) is 0 Å². The van der Waals surface area contributed by atoms with Crippen molar-refractivity contribution >= 4 is 17.5 Å². The second kappa shape index (κ2) is 8.13. The molecule has 1 heterocycles. The van der Waals surface area contributed by atoms with Gasteiger partial charge in [0, 0.05) is 17.1 Å². The van der Waals surface area contributed by atoms with Crippen LogP contribution < -0.4 is 16.2 Å². The van der Waals surface area contributed by atoms with Crippen molar-refractivity contribution < 1.29 is 4.79 Å². The predicted molar refractivity (Wildman–Crippen MR) is 93.1 cm³/mol. The van der Waals surface area contributed by atoms with Crippen molar-refractivity contribution in [2.24, 2.45) is 0 Å². The van der Waals surface area contributed by atoms with Gasteiger partial charge in [0.2, 0.25) is 5.91 Å². The van der Waals surface area contributed by atoms with Gasteiger partial charge in [0.15, 0.2) is 0 Å². The average molecular weight is 336 g/mol. The summed E-state index contributed by atoms with van der Waals surface area (Å²) in [5.74, 6) is 0.125. The zero-order chi connectivity index (χ0) is 16.1. The molecule has 2 atom stereocenters. The molecule has 126 valence electrons. The molecule has 2 fully saturated rings. The number of hydrogen-bond acceptors (Lipinski definition) is 3. The topological polar surface area (TPSA) is 53.2 Å². The third-order valence-electron chi connectivity index (χ3n) is 4.94. The van der Waals surface area contributed by atoms with E-state index in [9.17, 15) is 4.79 Å². The predicted octanol–water partition coefficient (Wildman–Crippen LogP) is 3.48. The minimum absolute atomic E-state index is 0.125. The highest BCUT2D eigenvalue weighted by Gasteiger charge is 2.31. The molecule has 1 amide bonds. The molecule has 2 unspecified atom stereocenters. The Morgan fingerprint density at radius 3 is 2.35 bits per heavy atom. The maximum Gasteiger partial charge on any atom is 0.238 e. The first-order valence-corrected chi connectivity index (χ1v) is 9.17. The number of carbonyl (C=O) groups excluding carboxylic acids is 1. The summed E-state index contributed by atoms with van der Waals surface area (Å²) in [6.45, 7) is 0. The van der Waals surface area contributed by atoms with Gasteiger partial charge in [-0.2, -0.15) is 0 Å². The van der Waals surface area contributed by atoms with Gasteiger partial charge in [0.1, 0.15) is 6.04 Å². The van der Waals surface area contributed by atoms with Crippen molar-refractivity contribution in [3.05, 3.63) is 34.9 Å². The molecule has 0 spiro atoms. The first-order chi connectivity index (χ1) is 11.2. The Morgan fingerprint density at radius 1 is 1.00 bits per heavy atom. The lowest BCUT2D eigenvalue weighted by atomic mass is 9.96. The fourth-order valence-electron chi connectivity index (χ4n) is 3.54. The van der Waals surface area contributed by atoms with Crippen molar-refractivity contribution in [1.82, 2.24) is 16.2 Å². The first-order valence-electron chi connectivity index (χ1n) is 8.79. The van der Waals surface area contributed by atoms with Gasteiger partial charge >= 0.3 is 0 Å². The normalized spacial score (nSPS) is 26.5. The highest BCUT2D eigenvalue weighted by molar-refractivity contribution is 6.30. The van der Waals surface area contributed by atoms with E-state index in [4.69, 9.17) is 11.6 Å². The summed E-state index contributed by atoms with van der Waals surface area (Å²) in [7, 11) is 0. The summed E-state index contributed by atoms with van der Waals surface area (Å²) in [6, 6.07) is 8.13. The monoisotopic (exact) mass is 335 g/mol. The number of benzene rings is 1. The average Bonchev–Trinajstić information content (AvgIpc) is 3.00. The second-order valence-corrected chi connectivity index (χ2v) is 7.17. The molecule has 0 bridgehead atoms. The minimum atomic E-state index is -0.166. The molecule has 5 heteroatoms. The van der Waals surface area contributed by atoms with Crippen LogP contribution in [-0.4, -0.2) is 18.0 Å². The van der Waals surface area contributed by atoms with Crippen LogP contribution in [0.3, 0.4) is 0 Å². The number of carbonyl (C=O) groups is 1. The highest BCUT2D eigenvalue weighted by Crippen LogP contribution is 2.24. The number of hydrogen-bond donors (Lipinski definition) is 3. The summed E-state index contributed by atoms with van der Waals surface area (Å²) >= 11 is 5.93. The van der Waals surface area contributed by atoms with E-state index in [0.29, 0.717) is 6.04 Å². The summed E-state index contributed by atoms with van der Waals surface area (Å²) < 4.78 is 0. The Hall–Kier alpha value is -1.10. The summed E-state index contributed by atoms with van der Waals surface area (Å²) in [6.07, 6.45) is 9.41. The van der Waals surface area contributed by atoms with Gasteiger partial charge in [-0.05, 0) is 37.0 Å². The molecular formula is C18H26ClN3O. The van der Waals surface area contributed by atoms with E-state index < -0.39 is 0 Å². The van der Waals surface area contributed by atoms with E-state index in [1.54, 1.807) is 0 Å². The van der Waals surface area contributed by atoms with E-state index in [1.165, 1.54) is 32.1 Å². The molecule has 1 saturated carbocycles. The van der Waals surface area contributed by atoms with Gasteiger partial charge in [0.05, 0.1) is 0 Å². The fourth-order valence-corrected chi connectivity index (χ4v) is 3.67. The SMILES string of the molecule is O=C(NC1CCCCCCC1)C1CC(c2ccc(Cl)cc2)NN1. The second-order valence-electron chi connectivity index (χ2n) is 6.73. The molecule has 2 aliphatic rings. The number of halogens is 1. The smallest absolute Gasteiger partial charge is 0.238 e. The molecule has 1 aliphatic carbocycles. The molecule has 1 aromatic carbocycles. The lowest BCUT2D eigenvalue weighted by Crippen LogP contribution is -2.47. The van der Waals surface area contributed by atoms with Crippen molar-refractivity contribution in [3.8, 4) is 0 Å². The van der Waals surface area contributed by atoms with Crippen LogP contribution in [-0.2, 0) is 4.79 Å². The van der Waals surface area contributed by atoms with E-state index >= 15 is 0 Å². The van der Waals surface area contributed by atoms with Crippen LogP contribution in [0.5, 0.6) is 0 Å². The van der Waals surface area contributed by atoms with Crippen molar-refractivity contribution in [2.75, 3.05) is 0 Å². The summed E-state index contributed by atoms with van der Waals surface area (Å²) in [5.41, 5.74) is 7.53. The van der Waals surface area contributed by atoms with Crippen molar-refractivity contribution in [1.29, 1.82) is 0 Å². The summed E-state index contributed by atoms with van der Waals surface area (Å²) in [5, 5.41) is 3.98. The number of rotatable bonds is 3. The zero-order valence-electron chi connectivity index (χ0n) is 13.5. The van der Waals surface area contributed by atoms with E-state index in [0.717, 1.165) is 29.8 Å². The van der Waals surface area contributed by atoms with Crippen LogP contribution in [0.25, 0.3) is 0 Å². The van der Waals surface area contributed by atoms with E-state index in [-0.39, 0.29) is 18.0 Å². The number of amides is 1. The molecule has 4 nitrogen and oxygen atoms in total. The van der Waals surface area contributed by atoms with Gasteiger partial charge in [-0.3, -0.25) is 4.79 Å². The third-order valence-corrected chi connectivity index (χ3v) is 5.20. The van der Waals surface area contributed by atoms with Crippen LogP contribution in [0.4, 0.5) is 0 Å². The highest BCUT2D eigenvalue weighted by atomic mass is 35.5. The maximum absolute atomic E-state index is 12.5. The van der Waals surface area contributed by atoms with Gasteiger partial charge in [-0.25, -0.2) is 10.9 Å². The molecule has 0 radical (unpaired) electrons. The molecule has 23 heavy (non-hydrogen) atoms. The van der Waals surface area contributed by atoms with Gasteiger partial charge in [0.25, 0.3) is 0 Å². The quantitative estimate of drug-likeness (QED) is 0.792. The fraction of sp³-hybridized carbons (Fsp3) is 0.611. The standard InChI is InChI=1S/C18H26ClN3O/c19-14-10-8-13(9-11-14)16-12-17(22-21-16)18(23)20-15-6-4-2-1-3-5-7-15/h8-11,15-17,21-22H,1-7,12H2,(H,20,23). The Kier molecular flexibility index (Phi) is 5.92. The zero-order valence-corrected chi connectivity index (χ0v) is 14.2. The molecule has 0 aromatic heterocycles. The molecule has 1 aromatic rings. The van der Waals surface area contributed by atoms with Gasteiger partial charge < -0.3 is 5.32 Å². The molecule has 3 N–H and O–H groups in total. The largest absolute Gasteiger partial charge is 0.352 e. The number of nitrogens with one attached hydrogen (secondary N) is 3. The Morgan fingerprint density at radius 2 is 1.65 bits per heavy atom. The third kappa shape index (κ3) is 4.69. The maximum atomic E-state index is 12.5. The number of hydrazine groups is 1. The van der Waals surface area contributed by atoms with Gasteiger partial charge in [-0.15, -0.1) is 0 Å². The summed E-state index contributed by atoms with van der Waals surface area (Å²) in [4.78, 5) is 12.5. The molecule has 1 saturated heterocycles. The molecule has 1 aliphatic heterocycles. The van der Waals surface area contributed by atoms with E-state index in [1.807, 2.05) is 24.3 Å².